The first kappa shape index (κ1) is 14.6. The van der Waals surface area contributed by atoms with Crippen LogP contribution in [0, 0.1) is 0 Å². The number of likely N-dealkylation sites (N-methyl/N-ethyl adjacent to an activating group) is 1. The van der Waals surface area contributed by atoms with E-state index < -0.39 is 5.60 Å². The predicted octanol–water partition coefficient (Wildman–Crippen LogP) is 2.60. The molecule has 0 unspecified atom stereocenters. The minimum atomic E-state index is -0.784. The highest BCUT2D eigenvalue weighted by molar-refractivity contribution is 7.11. The molecule has 0 aliphatic rings. The second-order valence-electron chi connectivity index (χ2n) is 5.59. The van der Waals surface area contributed by atoms with Crippen LogP contribution in [-0.4, -0.2) is 35.6 Å². The first-order valence-corrected chi connectivity index (χ1v) is 6.90. The van der Waals surface area contributed by atoms with Crippen LogP contribution in [0.15, 0.2) is 0 Å². The molecule has 0 aliphatic heterocycles. The third-order valence-electron chi connectivity index (χ3n) is 2.57. The normalized spacial score (nSPS) is 12.8. The Morgan fingerprint density at radius 1 is 1.35 bits per heavy atom. The maximum atomic E-state index is 10.2. The van der Waals surface area contributed by atoms with Crippen molar-refractivity contribution in [1.29, 1.82) is 0 Å². The molecule has 1 aromatic heterocycles. The summed E-state index contributed by atoms with van der Waals surface area (Å²) in [6.07, 6.45) is 0.952. The molecule has 1 N–H and O–H groups in total. The molecule has 0 radical (unpaired) electrons. The lowest BCUT2D eigenvalue weighted by atomic mass is 10.0. The predicted molar refractivity (Wildman–Crippen MR) is 73.7 cm³/mol. The number of nitrogens with zero attached hydrogens (tertiary/aromatic N) is 2. The van der Waals surface area contributed by atoms with Gasteiger partial charge in [-0.2, -0.15) is 0 Å². The molecular formula is C13H24N2OS. The van der Waals surface area contributed by atoms with E-state index in [-0.39, 0.29) is 0 Å². The summed E-state index contributed by atoms with van der Waals surface area (Å²) >= 11 is 1.65. The van der Waals surface area contributed by atoms with Gasteiger partial charge in [0.15, 0.2) is 0 Å². The summed E-state index contributed by atoms with van der Waals surface area (Å²) in [6.45, 7) is 8.92. The lowest BCUT2D eigenvalue weighted by Crippen LogP contribution is -2.16. The number of aromatic nitrogens is 1. The van der Waals surface area contributed by atoms with Crippen molar-refractivity contribution in [2.24, 2.45) is 0 Å². The Labute approximate surface area is 108 Å². The summed E-state index contributed by atoms with van der Waals surface area (Å²) in [5, 5.41) is 11.3. The molecular weight excluding hydrogens is 232 g/mol. The maximum absolute atomic E-state index is 10.2. The van der Waals surface area contributed by atoms with Crippen molar-refractivity contribution in [3.8, 4) is 0 Å². The van der Waals surface area contributed by atoms with Crippen LogP contribution in [0.1, 0.15) is 49.2 Å². The third kappa shape index (κ3) is 4.05. The monoisotopic (exact) mass is 256 g/mol. The van der Waals surface area contributed by atoms with Crippen molar-refractivity contribution in [3.05, 3.63) is 15.6 Å². The number of aliphatic hydroxyl groups is 1. The Balaban J connectivity index is 2.96. The van der Waals surface area contributed by atoms with E-state index in [0.717, 1.165) is 28.5 Å². The van der Waals surface area contributed by atoms with Crippen molar-refractivity contribution < 1.29 is 5.11 Å². The average Bonchev–Trinajstić information content (AvgIpc) is 2.57. The molecule has 0 bridgehead atoms. The molecule has 3 nitrogen and oxygen atoms in total. The van der Waals surface area contributed by atoms with Gasteiger partial charge in [-0.3, -0.25) is 0 Å². The molecule has 1 aromatic rings. The lowest BCUT2D eigenvalue weighted by molar-refractivity contribution is 0.0811. The molecule has 0 spiro atoms. The van der Waals surface area contributed by atoms with Gasteiger partial charge in [0.05, 0.1) is 21.2 Å². The minimum absolute atomic E-state index is 0.362. The molecule has 0 saturated heterocycles. The Morgan fingerprint density at radius 2 is 1.94 bits per heavy atom. The van der Waals surface area contributed by atoms with Crippen LogP contribution in [0.5, 0.6) is 0 Å². The molecule has 4 heteroatoms. The maximum Gasteiger partial charge on any atom is 0.0951 e. The third-order valence-corrected chi connectivity index (χ3v) is 4.02. The summed E-state index contributed by atoms with van der Waals surface area (Å²) in [6, 6.07) is 0. The highest BCUT2D eigenvalue weighted by Crippen LogP contribution is 2.33. The first-order valence-electron chi connectivity index (χ1n) is 6.09. The summed E-state index contributed by atoms with van der Waals surface area (Å²) in [5.41, 5.74) is 0.268. The van der Waals surface area contributed by atoms with Crippen LogP contribution in [0.25, 0.3) is 0 Å². The minimum Gasteiger partial charge on any atom is -0.385 e. The van der Waals surface area contributed by atoms with E-state index in [1.807, 2.05) is 13.8 Å². The van der Waals surface area contributed by atoms with E-state index >= 15 is 0 Å². The summed E-state index contributed by atoms with van der Waals surface area (Å²) in [5.74, 6) is 0.362. The van der Waals surface area contributed by atoms with Gasteiger partial charge in [0.1, 0.15) is 0 Å². The van der Waals surface area contributed by atoms with Gasteiger partial charge in [0.25, 0.3) is 0 Å². The van der Waals surface area contributed by atoms with Crippen LogP contribution >= 0.6 is 11.3 Å². The fourth-order valence-electron chi connectivity index (χ4n) is 1.63. The van der Waals surface area contributed by atoms with Crippen molar-refractivity contribution in [2.45, 2.75) is 45.6 Å². The Bertz CT molecular complexity index is 364. The van der Waals surface area contributed by atoms with E-state index in [4.69, 9.17) is 0 Å². The summed E-state index contributed by atoms with van der Waals surface area (Å²) in [7, 11) is 4.13. The number of rotatable bonds is 5. The lowest BCUT2D eigenvalue weighted by Gasteiger charge is -2.17. The molecule has 17 heavy (non-hydrogen) atoms. The van der Waals surface area contributed by atoms with E-state index in [9.17, 15) is 5.11 Å². The SMILES string of the molecule is CC(C)c1nc(CCN(C)C)sc1C(C)(C)O. The average molecular weight is 256 g/mol. The molecule has 0 aromatic carbocycles. The molecule has 1 heterocycles. The van der Waals surface area contributed by atoms with Crippen LogP contribution in [0.4, 0.5) is 0 Å². The van der Waals surface area contributed by atoms with E-state index in [1.54, 1.807) is 11.3 Å². The number of hydrogen-bond donors (Lipinski definition) is 1. The Morgan fingerprint density at radius 3 is 2.29 bits per heavy atom. The van der Waals surface area contributed by atoms with Gasteiger partial charge < -0.3 is 10.0 Å². The second kappa shape index (κ2) is 5.46. The fourth-order valence-corrected chi connectivity index (χ4v) is 2.84. The van der Waals surface area contributed by atoms with Crippen LogP contribution in [-0.2, 0) is 12.0 Å². The van der Waals surface area contributed by atoms with Crippen LogP contribution in [0.3, 0.4) is 0 Å². The number of thiazole rings is 1. The molecule has 98 valence electrons. The second-order valence-corrected chi connectivity index (χ2v) is 6.67. The smallest absolute Gasteiger partial charge is 0.0951 e. The summed E-state index contributed by atoms with van der Waals surface area (Å²) in [4.78, 5) is 7.85. The van der Waals surface area contributed by atoms with Crippen LogP contribution in [0.2, 0.25) is 0 Å². The Hall–Kier alpha value is -0.450. The van der Waals surface area contributed by atoms with E-state index in [1.165, 1.54) is 0 Å². The highest BCUT2D eigenvalue weighted by atomic mass is 32.1. The standard InChI is InChI=1S/C13H24N2OS/c1-9(2)11-12(13(3,4)16)17-10(14-11)7-8-15(5)6/h9,16H,7-8H2,1-6H3. The zero-order chi connectivity index (χ0) is 13.2. The van der Waals surface area contributed by atoms with Crippen LogP contribution < -0.4 is 0 Å². The quantitative estimate of drug-likeness (QED) is 0.879. The van der Waals surface area contributed by atoms with Gasteiger partial charge in [-0.25, -0.2) is 4.98 Å². The highest BCUT2D eigenvalue weighted by Gasteiger charge is 2.26. The van der Waals surface area contributed by atoms with E-state index in [2.05, 4.69) is 37.8 Å². The van der Waals surface area contributed by atoms with E-state index in [0.29, 0.717) is 5.92 Å². The molecule has 0 fully saturated rings. The van der Waals surface area contributed by atoms with Gasteiger partial charge >= 0.3 is 0 Å². The first-order chi connectivity index (χ1) is 7.71. The van der Waals surface area contributed by atoms with Crippen molar-refractivity contribution in [2.75, 3.05) is 20.6 Å². The zero-order valence-corrected chi connectivity index (χ0v) is 12.6. The summed E-state index contributed by atoms with van der Waals surface area (Å²) < 4.78 is 0. The fraction of sp³-hybridized carbons (Fsp3) is 0.769. The van der Waals surface area contributed by atoms with Gasteiger partial charge in [0.2, 0.25) is 0 Å². The molecule has 0 atom stereocenters. The van der Waals surface area contributed by atoms with Crippen molar-refractivity contribution >= 4 is 11.3 Å². The Kier molecular flexibility index (Phi) is 4.69. The zero-order valence-electron chi connectivity index (χ0n) is 11.7. The van der Waals surface area contributed by atoms with Gasteiger partial charge in [0, 0.05) is 13.0 Å². The topological polar surface area (TPSA) is 36.4 Å². The number of hydrogen-bond acceptors (Lipinski definition) is 4. The van der Waals surface area contributed by atoms with Gasteiger partial charge in [-0.15, -0.1) is 11.3 Å². The largest absolute Gasteiger partial charge is 0.385 e. The van der Waals surface area contributed by atoms with Gasteiger partial charge in [-0.05, 0) is 33.9 Å². The molecule has 0 saturated carbocycles. The van der Waals surface area contributed by atoms with Gasteiger partial charge in [-0.1, -0.05) is 13.8 Å². The van der Waals surface area contributed by atoms with Crippen molar-refractivity contribution in [1.82, 2.24) is 9.88 Å². The molecule has 0 amide bonds. The van der Waals surface area contributed by atoms with Crippen molar-refractivity contribution in [3.63, 3.8) is 0 Å². The molecule has 1 rings (SSSR count). The molecule has 0 aliphatic carbocycles.